The number of nitrogens with zero attached hydrogens (tertiary/aromatic N) is 3. The molecular formula is C16H18N4O. The molecule has 0 spiro atoms. The highest BCUT2D eigenvalue weighted by atomic mass is 16.1. The molecule has 3 rings (SSSR count). The number of carbonyl (C=O) groups is 1. The number of aromatic nitrogens is 3. The third-order valence-electron chi connectivity index (χ3n) is 3.64. The molecule has 3 aromatic rings. The van der Waals surface area contributed by atoms with E-state index in [0.717, 1.165) is 16.9 Å². The minimum Gasteiger partial charge on any atom is -0.349 e. The molecule has 2 aromatic heterocycles. The van der Waals surface area contributed by atoms with E-state index in [1.807, 2.05) is 61.1 Å². The highest BCUT2D eigenvalue weighted by Crippen LogP contribution is 2.14. The molecule has 0 unspecified atom stereocenters. The molecule has 0 bridgehead atoms. The fourth-order valence-corrected chi connectivity index (χ4v) is 2.55. The second-order valence-electron chi connectivity index (χ2n) is 5.06. The van der Waals surface area contributed by atoms with Crippen molar-refractivity contribution in [3.05, 3.63) is 54.1 Å². The summed E-state index contributed by atoms with van der Waals surface area (Å²) >= 11 is 0. The molecule has 0 radical (unpaired) electrons. The second kappa shape index (κ2) is 5.44. The Kier molecular flexibility index (Phi) is 3.48. The van der Waals surface area contributed by atoms with Crippen molar-refractivity contribution in [1.29, 1.82) is 0 Å². The molecule has 1 aromatic carbocycles. The fourth-order valence-electron chi connectivity index (χ4n) is 2.55. The van der Waals surface area contributed by atoms with Gasteiger partial charge < -0.3 is 14.5 Å². The van der Waals surface area contributed by atoms with E-state index in [1.54, 1.807) is 0 Å². The van der Waals surface area contributed by atoms with Gasteiger partial charge in [-0.3, -0.25) is 4.79 Å². The average molecular weight is 282 g/mol. The minimum atomic E-state index is -0.0513. The van der Waals surface area contributed by atoms with Gasteiger partial charge in [-0.2, -0.15) is 0 Å². The summed E-state index contributed by atoms with van der Waals surface area (Å²) in [7, 11) is 1.86. The molecular weight excluding hydrogens is 264 g/mol. The Morgan fingerprint density at radius 3 is 2.81 bits per heavy atom. The first-order chi connectivity index (χ1) is 10.2. The van der Waals surface area contributed by atoms with Gasteiger partial charge in [0.2, 0.25) is 0 Å². The van der Waals surface area contributed by atoms with E-state index >= 15 is 0 Å². The average Bonchev–Trinajstić information content (AvgIpc) is 3.03. The quantitative estimate of drug-likeness (QED) is 0.797. The summed E-state index contributed by atoms with van der Waals surface area (Å²) in [5, 5.41) is 2.95. The van der Waals surface area contributed by atoms with Crippen LogP contribution in [0.4, 0.5) is 0 Å². The highest BCUT2D eigenvalue weighted by Gasteiger charge is 2.09. The predicted molar refractivity (Wildman–Crippen MR) is 82.2 cm³/mol. The first-order valence-corrected chi connectivity index (χ1v) is 6.98. The third kappa shape index (κ3) is 2.54. The summed E-state index contributed by atoms with van der Waals surface area (Å²) in [5.41, 5.74) is 2.76. The zero-order valence-corrected chi connectivity index (χ0v) is 12.2. The molecule has 0 aliphatic carbocycles. The van der Waals surface area contributed by atoms with Crippen LogP contribution in [0.1, 0.15) is 16.3 Å². The number of rotatable bonds is 4. The van der Waals surface area contributed by atoms with Crippen LogP contribution in [0.3, 0.4) is 0 Å². The van der Waals surface area contributed by atoms with E-state index in [1.165, 1.54) is 0 Å². The molecule has 21 heavy (non-hydrogen) atoms. The van der Waals surface area contributed by atoms with Crippen LogP contribution in [0.15, 0.2) is 42.6 Å². The minimum absolute atomic E-state index is 0.0513. The van der Waals surface area contributed by atoms with Crippen molar-refractivity contribution < 1.29 is 4.79 Å². The molecule has 0 aliphatic heterocycles. The molecule has 0 saturated heterocycles. The van der Waals surface area contributed by atoms with Crippen molar-refractivity contribution in [2.24, 2.45) is 7.05 Å². The summed E-state index contributed by atoms with van der Waals surface area (Å²) in [5.74, 6) is 0.911. The predicted octanol–water partition coefficient (Wildman–Crippen LogP) is 2.11. The van der Waals surface area contributed by atoms with Crippen LogP contribution < -0.4 is 5.32 Å². The summed E-state index contributed by atoms with van der Waals surface area (Å²) in [4.78, 5) is 16.6. The van der Waals surface area contributed by atoms with E-state index < -0.39 is 0 Å². The number of amides is 1. The molecule has 1 amide bonds. The number of carbonyl (C=O) groups excluding carboxylic acids is 1. The van der Waals surface area contributed by atoms with Crippen LogP contribution >= 0.6 is 0 Å². The highest BCUT2D eigenvalue weighted by molar-refractivity contribution is 5.92. The molecule has 0 fully saturated rings. The maximum atomic E-state index is 12.0. The number of hydrogen-bond acceptors (Lipinski definition) is 2. The monoisotopic (exact) mass is 282 g/mol. The second-order valence-corrected chi connectivity index (χ2v) is 5.06. The van der Waals surface area contributed by atoms with Crippen molar-refractivity contribution in [3.63, 3.8) is 0 Å². The number of benzene rings is 1. The summed E-state index contributed by atoms with van der Waals surface area (Å²) in [6.45, 7) is 3.27. The maximum absolute atomic E-state index is 12.0. The van der Waals surface area contributed by atoms with Crippen LogP contribution in [0.2, 0.25) is 0 Å². The van der Waals surface area contributed by atoms with Gasteiger partial charge in [0, 0.05) is 26.3 Å². The van der Waals surface area contributed by atoms with Crippen molar-refractivity contribution in [2.75, 3.05) is 6.54 Å². The summed E-state index contributed by atoms with van der Waals surface area (Å²) in [6.07, 6.45) is 1.86. The summed E-state index contributed by atoms with van der Waals surface area (Å²) in [6, 6.07) is 11.7. The lowest BCUT2D eigenvalue weighted by molar-refractivity contribution is 0.0944. The zero-order chi connectivity index (χ0) is 14.8. The van der Waals surface area contributed by atoms with Gasteiger partial charge >= 0.3 is 0 Å². The number of nitrogens with one attached hydrogen (secondary N) is 1. The smallest absolute Gasteiger partial charge is 0.267 e. The zero-order valence-electron chi connectivity index (χ0n) is 12.2. The lowest BCUT2D eigenvalue weighted by Crippen LogP contribution is -2.28. The van der Waals surface area contributed by atoms with Crippen molar-refractivity contribution in [3.8, 4) is 0 Å². The topological polar surface area (TPSA) is 51.9 Å². The Labute approximate surface area is 123 Å². The van der Waals surface area contributed by atoms with E-state index in [2.05, 4.69) is 14.9 Å². The van der Waals surface area contributed by atoms with Gasteiger partial charge in [-0.05, 0) is 31.2 Å². The number of imidazole rings is 1. The molecule has 0 aliphatic rings. The molecule has 0 atom stereocenters. The molecule has 108 valence electrons. The van der Waals surface area contributed by atoms with Crippen molar-refractivity contribution in [1.82, 2.24) is 19.4 Å². The number of aryl methyl sites for hydroxylation is 2. The normalized spacial score (nSPS) is 11.0. The lowest BCUT2D eigenvalue weighted by atomic mass is 10.3. The Balaban J connectivity index is 1.69. The van der Waals surface area contributed by atoms with Crippen LogP contribution in [0.25, 0.3) is 11.0 Å². The Hall–Kier alpha value is -2.56. The Morgan fingerprint density at radius 1 is 1.24 bits per heavy atom. The van der Waals surface area contributed by atoms with Gasteiger partial charge in [0.25, 0.3) is 5.91 Å². The Bertz CT molecular complexity index is 785. The lowest BCUT2D eigenvalue weighted by Gasteiger charge is -2.09. The van der Waals surface area contributed by atoms with Gasteiger partial charge in [0.15, 0.2) is 0 Å². The molecule has 2 heterocycles. The first-order valence-electron chi connectivity index (χ1n) is 6.98. The van der Waals surface area contributed by atoms with Crippen molar-refractivity contribution in [2.45, 2.75) is 13.5 Å². The SMILES string of the molecule is Cc1nc2ccccc2n1CCNC(=O)c1cccn1C. The van der Waals surface area contributed by atoms with E-state index in [0.29, 0.717) is 18.8 Å². The molecule has 1 N–H and O–H groups in total. The van der Waals surface area contributed by atoms with E-state index in [4.69, 9.17) is 0 Å². The standard InChI is InChI=1S/C16H18N4O/c1-12-18-13-6-3-4-7-14(13)20(12)11-9-17-16(21)15-8-5-10-19(15)2/h3-8,10H,9,11H2,1-2H3,(H,17,21). The number of para-hydroxylation sites is 2. The maximum Gasteiger partial charge on any atom is 0.267 e. The largest absolute Gasteiger partial charge is 0.349 e. The molecule has 5 heteroatoms. The first kappa shape index (κ1) is 13.4. The molecule has 0 saturated carbocycles. The number of fused-ring (bicyclic) bond motifs is 1. The van der Waals surface area contributed by atoms with Crippen molar-refractivity contribution >= 4 is 16.9 Å². The Morgan fingerprint density at radius 2 is 2.05 bits per heavy atom. The third-order valence-corrected chi connectivity index (χ3v) is 3.64. The van der Waals surface area contributed by atoms with Crippen LogP contribution in [-0.2, 0) is 13.6 Å². The van der Waals surface area contributed by atoms with Crippen LogP contribution in [-0.4, -0.2) is 26.6 Å². The van der Waals surface area contributed by atoms with Gasteiger partial charge in [0.1, 0.15) is 11.5 Å². The van der Waals surface area contributed by atoms with E-state index in [9.17, 15) is 4.79 Å². The molecule has 5 nitrogen and oxygen atoms in total. The van der Waals surface area contributed by atoms with Gasteiger partial charge in [-0.1, -0.05) is 12.1 Å². The summed E-state index contributed by atoms with van der Waals surface area (Å²) < 4.78 is 3.94. The van der Waals surface area contributed by atoms with Crippen LogP contribution in [0, 0.1) is 6.92 Å². The van der Waals surface area contributed by atoms with Gasteiger partial charge in [-0.25, -0.2) is 4.98 Å². The van der Waals surface area contributed by atoms with E-state index in [-0.39, 0.29) is 5.91 Å². The fraction of sp³-hybridized carbons (Fsp3) is 0.250. The van der Waals surface area contributed by atoms with Gasteiger partial charge in [0.05, 0.1) is 11.0 Å². The van der Waals surface area contributed by atoms with Gasteiger partial charge in [-0.15, -0.1) is 0 Å². The number of hydrogen-bond donors (Lipinski definition) is 1. The van der Waals surface area contributed by atoms with Crippen LogP contribution in [0.5, 0.6) is 0 Å².